The van der Waals surface area contributed by atoms with Crippen LogP contribution < -0.4 is 0 Å². The van der Waals surface area contributed by atoms with Crippen molar-refractivity contribution in [1.82, 2.24) is 9.80 Å². The Balaban J connectivity index is 2.02. The Kier molecular flexibility index (Phi) is 5.19. The van der Waals surface area contributed by atoms with E-state index in [2.05, 4.69) is 0 Å². The number of methoxy groups -OCH3 is 1. The van der Waals surface area contributed by atoms with Gasteiger partial charge in [0.05, 0.1) is 25.4 Å². The number of aliphatic carboxylic acids is 1. The molecule has 0 radical (unpaired) electrons. The van der Waals surface area contributed by atoms with Gasteiger partial charge in [-0.3, -0.25) is 4.79 Å². The van der Waals surface area contributed by atoms with Crippen molar-refractivity contribution in [1.29, 1.82) is 0 Å². The molecule has 2 atom stereocenters. The smallest absolute Gasteiger partial charge is 0.323 e. The Labute approximate surface area is 118 Å². The number of hydrogen-bond donors (Lipinski definition) is 1. The second-order valence-corrected chi connectivity index (χ2v) is 5.19. The number of carboxylic acid groups (broad SMARTS) is 1. The number of fused-ring (bicyclic) bond motifs is 1. The van der Waals surface area contributed by atoms with Crippen LogP contribution in [-0.4, -0.2) is 79.0 Å². The molecule has 7 nitrogen and oxygen atoms in total. The number of carbonyl (C=O) groups is 2. The normalized spacial score (nSPS) is 25.4. The van der Waals surface area contributed by atoms with Crippen LogP contribution in [0.5, 0.6) is 0 Å². The number of carbonyl (C=O) groups excluding carboxylic acids is 1. The van der Waals surface area contributed by atoms with Crippen LogP contribution in [0.25, 0.3) is 0 Å². The van der Waals surface area contributed by atoms with Crippen molar-refractivity contribution in [3.05, 3.63) is 0 Å². The fourth-order valence-electron chi connectivity index (χ4n) is 2.95. The zero-order valence-corrected chi connectivity index (χ0v) is 11.8. The molecular weight excluding hydrogens is 264 g/mol. The van der Waals surface area contributed by atoms with Crippen molar-refractivity contribution < 1.29 is 24.2 Å². The summed E-state index contributed by atoms with van der Waals surface area (Å²) in [7, 11) is 1.53. The summed E-state index contributed by atoms with van der Waals surface area (Å²) < 4.78 is 10.6. The molecule has 1 heterocycles. The van der Waals surface area contributed by atoms with Crippen LogP contribution in [0.4, 0.5) is 4.79 Å². The highest BCUT2D eigenvalue weighted by Crippen LogP contribution is 2.30. The van der Waals surface area contributed by atoms with E-state index in [4.69, 9.17) is 14.6 Å². The van der Waals surface area contributed by atoms with Gasteiger partial charge in [-0.15, -0.1) is 0 Å². The van der Waals surface area contributed by atoms with E-state index in [-0.39, 0.29) is 31.3 Å². The van der Waals surface area contributed by atoms with Crippen LogP contribution >= 0.6 is 0 Å². The molecule has 2 aliphatic rings. The number of urea groups is 1. The van der Waals surface area contributed by atoms with Gasteiger partial charge in [-0.2, -0.15) is 0 Å². The Morgan fingerprint density at radius 3 is 2.95 bits per heavy atom. The quantitative estimate of drug-likeness (QED) is 0.791. The molecule has 7 heteroatoms. The van der Waals surface area contributed by atoms with Crippen LogP contribution in [0.1, 0.15) is 19.3 Å². The highest BCUT2D eigenvalue weighted by Gasteiger charge is 2.39. The summed E-state index contributed by atoms with van der Waals surface area (Å²) in [6.07, 6.45) is 3.07. The number of amides is 2. The second kappa shape index (κ2) is 6.90. The van der Waals surface area contributed by atoms with Crippen LogP contribution in [0.15, 0.2) is 0 Å². The summed E-state index contributed by atoms with van der Waals surface area (Å²) in [5.74, 6) is -1.01. The van der Waals surface area contributed by atoms with E-state index in [1.165, 1.54) is 12.0 Å². The molecule has 2 rings (SSSR count). The topological polar surface area (TPSA) is 79.3 Å². The third kappa shape index (κ3) is 3.40. The Morgan fingerprint density at radius 1 is 1.45 bits per heavy atom. The van der Waals surface area contributed by atoms with Gasteiger partial charge < -0.3 is 24.4 Å². The van der Waals surface area contributed by atoms with Crippen molar-refractivity contribution in [2.75, 3.05) is 40.0 Å². The van der Waals surface area contributed by atoms with Crippen molar-refractivity contribution >= 4 is 12.0 Å². The molecule has 2 fully saturated rings. The van der Waals surface area contributed by atoms with Crippen molar-refractivity contribution in [3.63, 3.8) is 0 Å². The van der Waals surface area contributed by atoms with E-state index in [9.17, 15) is 9.59 Å². The molecule has 1 aliphatic carbocycles. The van der Waals surface area contributed by atoms with Crippen molar-refractivity contribution in [2.45, 2.75) is 31.4 Å². The van der Waals surface area contributed by atoms with Gasteiger partial charge in [0, 0.05) is 20.2 Å². The minimum Gasteiger partial charge on any atom is -0.480 e. The molecule has 1 saturated heterocycles. The summed E-state index contributed by atoms with van der Waals surface area (Å²) >= 11 is 0. The number of ether oxygens (including phenoxy) is 2. The average Bonchev–Trinajstić information content (AvgIpc) is 2.90. The van der Waals surface area contributed by atoms with E-state index in [1.807, 2.05) is 0 Å². The molecule has 0 spiro atoms. The fraction of sp³-hybridized carbons (Fsp3) is 0.846. The molecule has 20 heavy (non-hydrogen) atoms. The summed E-state index contributed by atoms with van der Waals surface area (Å²) in [5, 5.41) is 8.94. The van der Waals surface area contributed by atoms with Gasteiger partial charge in [-0.25, -0.2) is 4.79 Å². The summed E-state index contributed by atoms with van der Waals surface area (Å²) in [4.78, 5) is 26.6. The van der Waals surface area contributed by atoms with E-state index in [0.717, 1.165) is 19.3 Å². The van der Waals surface area contributed by atoms with E-state index >= 15 is 0 Å². The average molecular weight is 286 g/mol. The molecule has 0 aromatic rings. The van der Waals surface area contributed by atoms with E-state index in [1.54, 1.807) is 4.90 Å². The number of rotatable bonds is 5. The van der Waals surface area contributed by atoms with Gasteiger partial charge in [0.2, 0.25) is 0 Å². The molecule has 1 aliphatic heterocycles. The molecule has 1 N–H and O–H groups in total. The van der Waals surface area contributed by atoms with Gasteiger partial charge in [-0.05, 0) is 19.3 Å². The number of morpholine rings is 1. The minimum atomic E-state index is -1.01. The molecule has 114 valence electrons. The lowest BCUT2D eigenvalue weighted by Gasteiger charge is -2.40. The molecular formula is C13H22N2O5. The standard InChI is InChI=1S/C13H22N2O5/c1-19-7-5-14(9-12(16)17)13(18)15-6-8-20-11-4-2-3-10(11)15/h10-11H,2-9H2,1H3,(H,16,17). The predicted octanol–water partition coefficient (Wildman–Crippen LogP) is 0.393. The maximum atomic E-state index is 12.6. The Bertz CT molecular complexity index is 363. The molecule has 2 unspecified atom stereocenters. The molecule has 0 aromatic carbocycles. The number of nitrogens with zero attached hydrogens (tertiary/aromatic N) is 2. The number of carboxylic acids is 1. The maximum Gasteiger partial charge on any atom is 0.323 e. The van der Waals surface area contributed by atoms with Crippen LogP contribution in [0, 0.1) is 0 Å². The second-order valence-electron chi connectivity index (χ2n) is 5.19. The number of hydrogen-bond acceptors (Lipinski definition) is 4. The monoisotopic (exact) mass is 286 g/mol. The Morgan fingerprint density at radius 2 is 2.25 bits per heavy atom. The highest BCUT2D eigenvalue weighted by molar-refractivity contribution is 5.80. The third-order valence-electron chi connectivity index (χ3n) is 3.89. The van der Waals surface area contributed by atoms with Gasteiger partial charge in [0.1, 0.15) is 6.54 Å². The molecule has 0 aromatic heterocycles. The summed E-state index contributed by atoms with van der Waals surface area (Å²) in [6.45, 7) is 1.38. The first-order valence-electron chi connectivity index (χ1n) is 7.01. The maximum absolute atomic E-state index is 12.6. The largest absolute Gasteiger partial charge is 0.480 e. The third-order valence-corrected chi connectivity index (χ3v) is 3.89. The minimum absolute atomic E-state index is 0.0927. The molecule has 1 saturated carbocycles. The zero-order chi connectivity index (χ0) is 14.5. The molecule has 2 amide bonds. The fourth-order valence-corrected chi connectivity index (χ4v) is 2.95. The van der Waals surface area contributed by atoms with E-state index in [0.29, 0.717) is 19.8 Å². The first-order valence-corrected chi connectivity index (χ1v) is 7.01. The van der Waals surface area contributed by atoms with Crippen molar-refractivity contribution in [3.8, 4) is 0 Å². The van der Waals surface area contributed by atoms with Crippen molar-refractivity contribution in [2.24, 2.45) is 0 Å². The summed E-state index contributed by atoms with van der Waals surface area (Å²) in [6, 6.07) is -0.125. The summed E-state index contributed by atoms with van der Waals surface area (Å²) in [5.41, 5.74) is 0. The van der Waals surface area contributed by atoms with Gasteiger partial charge >= 0.3 is 12.0 Å². The lowest BCUT2D eigenvalue weighted by Crippen LogP contribution is -2.56. The lowest BCUT2D eigenvalue weighted by atomic mass is 10.1. The van der Waals surface area contributed by atoms with Crippen LogP contribution in [0.2, 0.25) is 0 Å². The van der Waals surface area contributed by atoms with Gasteiger partial charge in [0.25, 0.3) is 0 Å². The van der Waals surface area contributed by atoms with E-state index < -0.39 is 5.97 Å². The predicted molar refractivity (Wildman–Crippen MR) is 70.6 cm³/mol. The molecule has 0 bridgehead atoms. The first-order chi connectivity index (χ1) is 9.63. The zero-order valence-electron chi connectivity index (χ0n) is 11.8. The first kappa shape index (κ1) is 15.1. The highest BCUT2D eigenvalue weighted by atomic mass is 16.5. The van der Waals surface area contributed by atoms with Crippen LogP contribution in [-0.2, 0) is 14.3 Å². The van der Waals surface area contributed by atoms with Gasteiger partial charge in [0.15, 0.2) is 0 Å². The van der Waals surface area contributed by atoms with Crippen LogP contribution in [0.3, 0.4) is 0 Å². The SMILES string of the molecule is COCCN(CC(=O)O)C(=O)N1CCOC2CCCC21. The Hall–Kier alpha value is -1.34. The van der Waals surface area contributed by atoms with Gasteiger partial charge in [-0.1, -0.05) is 0 Å². The lowest BCUT2D eigenvalue weighted by molar-refractivity contribution is -0.138.